The first-order valence-corrected chi connectivity index (χ1v) is 12.0. The molecule has 0 aromatic carbocycles. The van der Waals surface area contributed by atoms with Crippen molar-refractivity contribution in [3.63, 3.8) is 0 Å². The van der Waals surface area contributed by atoms with Crippen LogP contribution in [-0.2, 0) is 30.4 Å². The Kier molecular flexibility index (Phi) is 13.2. The van der Waals surface area contributed by atoms with Gasteiger partial charge < -0.3 is 49.0 Å². The molecule has 0 saturated carbocycles. The molecule has 0 bridgehead atoms. The molecule has 0 aliphatic carbocycles. The van der Waals surface area contributed by atoms with E-state index >= 15 is 0 Å². The Morgan fingerprint density at radius 2 is 1.61 bits per heavy atom. The van der Waals surface area contributed by atoms with Crippen molar-refractivity contribution in [2.24, 2.45) is 33.8 Å². The molecule has 212 valence electrons. The SMILES string of the molecule is CC(C)CC(NC(=O)C(CCCN=C(N)N)NC(=O)C(Cc1cnc[nH]1)NC(=O)C(N)CC(N)=O)C(=O)O. The first-order chi connectivity index (χ1) is 17.8. The molecule has 0 spiro atoms. The molecule has 4 atom stereocenters. The minimum Gasteiger partial charge on any atom is -0.480 e. The average molecular weight is 539 g/mol. The van der Waals surface area contributed by atoms with Crippen molar-refractivity contribution in [2.75, 3.05) is 6.54 Å². The standard InChI is InChI=1S/C22H38N10O6/c1-11(2)6-16(21(37)38)32-19(35)14(4-3-5-28-22(25)26)30-20(36)15(7-12-9-27-10-29-12)31-18(34)13(23)8-17(24)33/h9-11,13-16H,3-8,23H2,1-2H3,(H2,24,33)(H,27,29)(H,30,36)(H,31,34)(H,32,35)(H,37,38)(H4,25,26,28). The number of amides is 4. The predicted molar refractivity (Wildman–Crippen MR) is 137 cm³/mol. The number of carboxylic acids is 1. The summed E-state index contributed by atoms with van der Waals surface area (Å²) in [6.45, 7) is 3.77. The molecular weight excluding hydrogens is 500 g/mol. The second-order valence-electron chi connectivity index (χ2n) is 9.16. The van der Waals surface area contributed by atoms with Gasteiger partial charge in [0.2, 0.25) is 23.6 Å². The van der Waals surface area contributed by atoms with Crippen LogP contribution < -0.4 is 38.9 Å². The number of primary amides is 1. The van der Waals surface area contributed by atoms with Crippen LogP contribution in [0.3, 0.4) is 0 Å². The number of carbonyl (C=O) groups excluding carboxylic acids is 4. The average Bonchev–Trinajstić information content (AvgIpc) is 3.32. The second kappa shape index (κ2) is 15.8. The third kappa shape index (κ3) is 12.2. The summed E-state index contributed by atoms with van der Waals surface area (Å²) in [4.78, 5) is 72.1. The Morgan fingerprint density at radius 1 is 1.00 bits per heavy atom. The molecular formula is C22H38N10O6. The molecule has 4 amide bonds. The first kappa shape index (κ1) is 31.8. The Morgan fingerprint density at radius 3 is 2.13 bits per heavy atom. The summed E-state index contributed by atoms with van der Waals surface area (Å²) in [5, 5.41) is 17.0. The number of nitrogens with one attached hydrogen (secondary N) is 4. The normalized spacial score (nSPS) is 14.0. The number of carbonyl (C=O) groups is 5. The number of guanidine groups is 1. The third-order valence-electron chi connectivity index (χ3n) is 5.27. The molecule has 0 saturated heterocycles. The fourth-order valence-corrected chi connectivity index (χ4v) is 3.42. The van der Waals surface area contributed by atoms with Crippen LogP contribution in [-0.4, -0.2) is 81.3 Å². The van der Waals surface area contributed by atoms with Crippen molar-refractivity contribution in [1.82, 2.24) is 25.9 Å². The largest absolute Gasteiger partial charge is 0.480 e. The van der Waals surface area contributed by atoms with E-state index < -0.39 is 60.2 Å². The topological polar surface area (TPSA) is 287 Å². The van der Waals surface area contributed by atoms with Crippen LogP contribution >= 0.6 is 0 Å². The van der Waals surface area contributed by atoms with Crippen molar-refractivity contribution in [3.8, 4) is 0 Å². The van der Waals surface area contributed by atoms with E-state index in [1.807, 2.05) is 13.8 Å². The van der Waals surface area contributed by atoms with Gasteiger partial charge in [-0.1, -0.05) is 13.8 Å². The van der Waals surface area contributed by atoms with Gasteiger partial charge in [0.25, 0.3) is 0 Å². The number of aliphatic carboxylic acids is 1. The zero-order valence-corrected chi connectivity index (χ0v) is 21.5. The number of aromatic nitrogens is 2. The molecule has 38 heavy (non-hydrogen) atoms. The highest BCUT2D eigenvalue weighted by Gasteiger charge is 2.31. The van der Waals surface area contributed by atoms with E-state index in [0.29, 0.717) is 5.69 Å². The molecule has 0 aliphatic rings. The van der Waals surface area contributed by atoms with Crippen LogP contribution in [0.15, 0.2) is 17.5 Å². The number of rotatable bonds is 17. The summed E-state index contributed by atoms with van der Waals surface area (Å²) >= 11 is 0. The summed E-state index contributed by atoms with van der Waals surface area (Å²) in [6, 6.07) is -4.87. The van der Waals surface area contributed by atoms with Gasteiger partial charge in [0, 0.05) is 24.9 Å². The van der Waals surface area contributed by atoms with Crippen LogP contribution in [0.25, 0.3) is 0 Å². The van der Waals surface area contributed by atoms with Gasteiger partial charge in [-0.3, -0.25) is 24.2 Å². The van der Waals surface area contributed by atoms with Crippen LogP contribution in [0.5, 0.6) is 0 Å². The number of aromatic amines is 1. The summed E-state index contributed by atoms with van der Waals surface area (Å²) in [5.74, 6) is -4.47. The summed E-state index contributed by atoms with van der Waals surface area (Å²) in [6.07, 6.45) is 2.85. The Labute approximate surface area is 219 Å². The van der Waals surface area contributed by atoms with Gasteiger partial charge in [-0.15, -0.1) is 0 Å². The molecule has 0 aliphatic heterocycles. The maximum Gasteiger partial charge on any atom is 0.326 e. The number of nitrogens with zero attached hydrogens (tertiary/aromatic N) is 2. The summed E-state index contributed by atoms with van der Waals surface area (Å²) in [5.41, 5.74) is 21.9. The second-order valence-corrected chi connectivity index (χ2v) is 9.16. The van der Waals surface area contributed by atoms with Gasteiger partial charge in [0.1, 0.15) is 18.1 Å². The highest BCUT2D eigenvalue weighted by Crippen LogP contribution is 2.08. The van der Waals surface area contributed by atoms with Crippen molar-refractivity contribution >= 4 is 35.6 Å². The maximum atomic E-state index is 13.2. The molecule has 1 rings (SSSR count). The zero-order chi connectivity index (χ0) is 28.8. The summed E-state index contributed by atoms with van der Waals surface area (Å²) in [7, 11) is 0. The van der Waals surface area contributed by atoms with Crippen LogP contribution in [0.4, 0.5) is 0 Å². The number of aliphatic imine (C=N–C) groups is 1. The molecule has 4 unspecified atom stereocenters. The van der Waals surface area contributed by atoms with E-state index in [1.54, 1.807) is 0 Å². The number of carboxylic acid groups (broad SMARTS) is 1. The molecule has 0 fully saturated rings. The van der Waals surface area contributed by atoms with Crippen molar-refractivity contribution in [3.05, 3.63) is 18.2 Å². The van der Waals surface area contributed by atoms with E-state index in [9.17, 15) is 29.1 Å². The minimum absolute atomic E-state index is 0.0232. The molecule has 0 radical (unpaired) electrons. The Hall–Kier alpha value is -4.21. The van der Waals surface area contributed by atoms with E-state index in [1.165, 1.54) is 12.5 Å². The van der Waals surface area contributed by atoms with Crippen LogP contribution in [0, 0.1) is 5.92 Å². The van der Waals surface area contributed by atoms with Crippen molar-refractivity contribution in [1.29, 1.82) is 0 Å². The quantitative estimate of drug-likeness (QED) is 0.0543. The number of H-pyrrole nitrogens is 1. The lowest BCUT2D eigenvalue weighted by Gasteiger charge is -2.25. The van der Waals surface area contributed by atoms with E-state index in [2.05, 4.69) is 30.9 Å². The Bertz CT molecular complexity index is 977. The number of hydrogen-bond acceptors (Lipinski definition) is 8. The van der Waals surface area contributed by atoms with Gasteiger partial charge in [-0.05, 0) is 25.2 Å². The monoisotopic (exact) mass is 538 g/mol. The number of imidazole rings is 1. The smallest absolute Gasteiger partial charge is 0.326 e. The lowest BCUT2D eigenvalue weighted by molar-refractivity contribution is -0.142. The van der Waals surface area contributed by atoms with Crippen LogP contribution in [0.1, 0.15) is 45.2 Å². The van der Waals surface area contributed by atoms with Gasteiger partial charge in [0.05, 0.1) is 18.8 Å². The summed E-state index contributed by atoms with van der Waals surface area (Å²) < 4.78 is 0. The molecule has 1 heterocycles. The predicted octanol–water partition coefficient (Wildman–Crippen LogP) is -3.21. The molecule has 16 heteroatoms. The van der Waals surface area contributed by atoms with Crippen molar-refractivity contribution in [2.45, 2.75) is 70.1 Å². The first-order valence-electron chi connectivity index (χ1n) is 12.0. The fraction of sp³-hybridized carbons (Fsp3) is 0.591. The highest BCUT2D eigenvalue weighted by atomic mass is 16.4. The fourth-order valence-electron chi connectivity index (χ4n) is 3.42. The molecule has 13 N–H and O–H groups in total. The van der Waals surface area contributed by atoms with Crippen LogP contribution in [0.2, 0.25) is 0 Å². The van der Waals surface area contributed by atoms with Gasteiger partial charge in [0.15, 0.2) is 5.96 Å². The van der Waals surface area contributed by atoms with E-state index in [0.717, 1.165) is 0 Å². The number of nitrogens with two attached hydrogens (primary N) is 4. The molecule has 16 nitrogen and oxygen atoms in total. The minimum atomic E-state index is -1.30. The maximum absolute atomic E-state index is 13.2. The van der Waals surface area contributed by atoms with Gasteiger partial charge >= 0.3 is 5.97 Å². The third-order valence-corrected chi connectivity index (χ3v) is 5.27. The zero-order valence-electron chi connectivity index (χ0n) is 21.5. The molecule has 1 aromatic rings. The highest BCUT2D eigenvalue weighted by molar-refractivity contribution is 5.95. The van der Waals surface area contributed by atoms with Gasteiger partial charge in [-0.2, -0.15) is 0 Å². The van der Waals surface area contributed by atoms with Crippen molar-refractivity contribution < 1.29 is 29.1 Å². The Balaban J connectivity index is 3.11. The lowest BCUT2D eigenvalue weighted by atomic mass is 10.0. The van der Waals surface area contributed by atoms with E-state index in [4.69, 9.17) is 22.9 Å². The number of hydrogen-bond donors (Lipinski definition) is 9. The molecule has 1 aromatic heterocycles. The van der Waals surface area contributed by atoms with Gasteiger partial charge in [-0.25, -0.2) is 9.78 Å². The van der Waals surface area contributed by atoms with E-state index in [-0.39, 0.29) is 44.1 Å². The lowest BCUT2D eigenvalue weighted by Crippen LogP contribution is -2.58.